The van der Waals surface area contributed by atoms with Crippen LogP contribution in [-0.2, 0) is 4.57 Å². The standard InChI is InChI=1S/C4H10NO3P/c1-2-4(3-5)9(6,7)8/h3-5H,2H2,1H3,(H2,6,7,8). The van der Waals surface area contributed by atoms with Gasteiger partial charge >= 0.3 is 7.60 Å². The minimum atomic E-state index is -4.02. The summed E-state index contributed by atoms with van der Waals surface area (Å²) in [5.74, 6) is 0. The monoisotopic (exact) mass is 151 g/mol. The summed E-state index contributed by atoms with van der Waals surface area (Å²) < 4.78 is 10.3. The van der Waals surface area contributed by atoms with Gasteiger partial charge in [-0.05, 0) is 6.42 Å². The summed E-state index contributed by atoms with van der Waals surface area (Å²) in [4.78, 5) is 16.9. The number of hydrogen-bond acceptors (Lipinski definition) is 2. The van der Waals surface area contributed by atoms with E-state index in [0.717, 1.165) is 6.21 Å². The summed E-state index contributed by atoms with van der Waals surface area (Å²) in [5.41, 5.74) is -0.891. The fourth-order valence-corrected chi connectivity index (χ4v) is 1.12. The molecule has 0 fully saturated rings. The maximum Gasteiger partial charge on any atom is 0.333 e. The normalized spacial score (nSPS) is 15.0. The fraction of sp³-hybridized carbons (Fsp3) is 0.750. The Hall–Kier alpha value is -0.180. The Bertz CT molecular complexity index is 141. The van der Waals surface area contributed by atoms with Crippen LogP contribution in [0.5, 0.6) is 0 Å². The highest BCUT2D eigenvalue weighted by Crippen LogP contribution is 2.41. The van der Waals surface area contributed by atoms with Gasteiger partial charge in [-0.3, -0.25) is 4.57 Å². The molecule has 1 atom stereocenters. The van der Waals surface area contributed by atoms with Gasteiger partial charge in [0.25, 0.3) is 0 Å². The second-order valence-corrected chi connectivity index (χ2v) is 3.57. The van der Waals surface area contributed by atoms with Gasteiger partial charge in [0.2, 0.25) is 0 Å². The van der Waals surface area contributed by atoms with E-state index >= 15 is 0 Å². The topological polar surface area (TPSA) is 81.4 Å². The van der Waals surface area contributed by atoms with Crippen LogP contribution in [-0.4, -0.2) is 21.7 Å². The van der Waals surface area contributed by atoms with Crippen LogP contribution in [0.4, 0.5) is 0 Å². The van der Waals surface area contributed by atoms with E-state index in [1.807, 2.05) is 0 Å². The van der Waals surface area contributed by atoms with Gasteiger partial charge in [0.1, 0.15) is 0 Å². The first kappa shape index (κ1) is 8.82. The molecular formula is C4H10NO3P. The Balaban J connectivity index is 4.12. The van der Waals surface area contributed by atoms with Crippen molar-refractivity contribution >= 4 is 13.8 Å². The van der Waals surface area contributed by atoms with E-state index in [0.29, 0.717) is 6.42 Å². The molecule has 0 aromatic rings. The van der Waals surface area contributed by atoms with Crippen molar-refractivity contribution in [3.63, 3.8) is 0 Å². The first-order chi connectivity index (χ1) is 4.02. The maximum atomic E-state index is 10.3. The third-order valence-corrected chi connectivity index (χ3v) is 2.42. The van der Waals surface area contributed by atoms with Crippen molar-refractivity contribution in [1.29, 1.82) is 5.41 Å². The van der Waals surface area contributed by atoms with Gasteiger partial charge in [0, 0.05) is 6.21 Å². The molecule has 54 valence electrons. The Morgan fingerprint density at radius 3 is 2.22 bits per heavy atom. The number of hydrogen-bond donors (Lipinski definition) is 3. The van der Waals surface area contributed by atoms with Crippen LogP contribution in [0, 0.1) is 5.41 Å². The molecule has 0 amide bonds. The van der Waals surface area contributed by atoms with Gasteiger partial charge in [-0.1, -0.05) is 6.92 Å². The molecule has 1 unspecified atom stereocenters. The molecule has 0 heterocycles. The summed E-state index contributed by atoms with van der Waals surface area (Å²) >= 11 is 0. The van der Waals surface area contributed by atoms with E-state index in [1.54, 1.807) is 6.92 Å². The van der Waals surface area contributed by atoms with Gasteiger partial charge in [-0.15, -0.1) is 0 Å². The molecule has 0 radical (unpaired) electrons. The molecule has 3 N–H and O–H groups in total. The predicted octanol–water partition coefficient (Wildman–Crippen LogP) is 0.592. The molecule has 0 rings (SSSR count). The largest absolute Gasteiger partial charge is 0.333 e. The van der Waals surface area contributed by atoms with Gasteiger partial charge in [-0.25, -0.2) is 0 Å². The van der Waals surface area contributed by atoms with Crippen LogP contribution in [0.15, 0.2) is 0 Å². The van der Waals surface area contributed by atoms with Crippen molar-refractivity contribution in [2.24, 2.45) is 0 Å². The summed E-state index contributed by atoms with van der Waals surface area (Å²) in [6, 6.07) is 0. The van der Waals surface area contributed by atoms with Crippen LogP contribution in [0.1, 0.15) is 13.3 Å². The Labute approximate surface area is 53.6 Å². The molecule has 0 aromatic heterocycles. The van der Waals surface area contributed by atoms with Crippen LogP contribution < -0.4 is 0 Å². The van der Waals surface area contributed by atoms with Gasteiger partial charge in [0.05, 0.1) is 5.66 Å². The van der Waals surface area contributed by atoms with Crippen molar-refractivity contribution in [2.45, 2.75) is 19.0 Å². The van der Waals surface area contributed by atoms with Crippen molar-refractivity contribution < 1.29 is 14.4 Å². The molecule has 0 aliphatic carbocycles. The molecule has 0 aliphatic heterocycles. The third-order valence-electron chi connectivity index (χ3n) is 1.04. The predicted molar refractivity (Wildman–Crippen MR) is 34.9 cm³/mol. The molecule has 0 saturated heterocycles. The Morgan fingerprint density at radius 2 is 2.22 bits per heavy atom. The smallest absolute Gasteiger partial charge is 0.324 e. The highest BCUT2D eigenvalue weighted by atomic mass is 31.2. The minimum absolute atomic E-state index is 0.313. The first-order valence-electron chi connectivity index (χ1n) is 2.58. The summed E-state index contributed by atoms with van der Waals surface area (Å²) in [7, 11) is -4.02. The molecule has 5 heteroatoms. The second-order valence-electron chi connectivity index (χ2n) is 1.73. The Kier molecular flexibility index (Phi) is 3.04. The quantitative estimate of drug-likeness (QED) is 0.408. The lowest BCUT2D eigenvalue weighted by atomic mass is 10.4. The molecule has 0 spiro atoms. The summed E-state index contributed by atoms with van der Waals surface area (Å²) in [6.07, 6.45) is 1.11. The zero-order valence-electron chi connectivity index (χ0n) is 5.11. The van der Waals surface area contributed by atoms with E-state index in [4.69, 9.17) is 15.2 Å². The Morgan fingerprint density at radius 1 is 1.78 bits per heavy atom. The average molecular weight is 151 g/mol. The lowest BCUT2D eigenvalue weighted by molar-refractivity contribution is 0.366. The van der Waals surface area contributed by atoms with Gasteiger partial charge < -0.3 is 15.2 Å². The van der Waals surface area contributed by atoms with E-state index in [1.165, 1.54) is 0 Å². The second kappa shape index (κ2) is 3.11. The lowest BCUT2D eigenvalue weighted by Crippen LogP contribution is -2.06. The van der Waals surface area contributed by atoms with E-state index in [2.05, 4.69) is 0 Å². The van der Waals surface area contributed by atoms with Gasteiger partial charge in [0.15, 0.2) is 0 Å². The zero-order valence-corrected chi connectivity index (χ0v) is 6.01. The summed E-state index contributed by atoms with van der Waals surface area (Å²) in [5, 5.41) is 6.60. The molecule has 4 nitrogen and oxygen atoms in total. The molecule has 0 saturated carbocycles. The van der Waals surface area contributed by atoms with E-state index < -0.39 is 13.3 Å². The molecule has 0 aliphatic rings. The number of nitrogens with one attached hydrogen (secondary N) is 1. The first-order valence-corrected chi connectivity index (χ1v) is 4.26. The molecule has 0 aromatic carbocycles. The molecular weight excluding hydrogens is 141 g/mol. The highest BCUT2D eigenvalue weighted by Gasteiger charge is 2.23. The molecule has 0 bridgehead atoms. The van der Waals surface area contributed by atoms with Crippen LogP contribution in [0.2, 0.25) is 0 Å². The SMILES string of the molecule is CCC(C=N)P(=O)(O)O. The summed E-state index contributed by atoms with van der Waals surface area (Å²) in [6.45, 7) is 1.63. The van der Waals surface area contributed by atoms with Crippen molar-refractivity contribution in [2.75, 3.05) is 0 Å². The van der Waals surface area contributed by atoms with Crippen LogP contribution in [0.25, 0.3) is 0 Å². The fourth-order valence-electron chi connectivity index (χ4n) is 0.453. The maximum absolute atomic E-state index is 10.3. The third kappa shape index (κ3) is 2.75. The lowest BCUT2D eigenvalue weighted by Gasteiger charge is -2.09. The minimum Gasteiger partial charge on any atom is -0.324 e. The average Bonchev–Trinajstić information content (AvgIpc) is 1.65. The van der Waals surface area contributed by atoms with Crippen molar-refractivity contribution in [1.82, 2.24) is 0 Å². The molecule has 9 heavy (non-hydrogen) atoms. The van der Waals surface area contributed by atoms with Crippen molar-refractivity contribution in [3.8, 4) is 0 Å². The van der Waals surface area contributed by atoms with Crippen LogP contribution >= 0.6 is 7.60 Å². The highest BCUT2D eigenvalue weighted by molar-refractivity contribution is 7.53. The van der Waals surface area contributed by atoms with Crippen LogP contribution in [0.3, 0.4) is 0 Å². The van der Waals surface area contributed by atoms with Crippen molar-refractivity contribution in [3.05, 3.63) is 0 Å². The number of rotatable bonds is 3. The van der Waals surface area contributed by atoms with Gasteiger partial charge in [-0.2, -0.15) is 0 Å². The van der Waals surface area contributed by atoms with E-state index in [-0.39, 0.29) is 0 Å². The van der Waals surface area contributed by atoms with E-state index in [9.17, 15) is 4.57 Å². The zero-order chi connectivity index (χ0) is 7.49.